The summed E-state index contributed by atoms with van der Waals surface area (Å²) in [6, 6.07) is 3.91. The third kappa shape index (κ3) is 1.54. The molecule has 2 heteroatoms. The summed E-state index contributed by atoms with van der Waals surface area (Å²) in [4.78, 5) is 3.97. The molecule has 0 radical (unpaired) electrons. The van der Waals surface area contributed by atoms with Gasteiger partial charge in [-0.2, -0.15) is 0 Å². The number of aromatic nitrogens is 1. The van der Waals surface area contributed by atoms with Crippen molar-refractivity contribution in [2.75, 3.05) is 7.11 Å². The number of nitrogens with zero attached hydrogens (tertiary/aromatic N) is 1. The first-order chi connectivity index (χ1) is 4.84. The smallest absolute Gasteiger partial charge is 0.0807 e. The largest absolute Gasteiger partial charge is 0.377 e. The van der Waals surface area contributed by atoms with Crippen LogP contribution in [0, 0.1) is 0 Å². The van der Waals surface area contributed by atoms with Crippen molar-refractivity contribution in [3.63, 3.8) is 0 Å². The van der Waals surface area contributed by atoms with E-state index in [4.69, 9.17) is 4.74 Å². The summed E-state index contributed by atoms with van der Waals surface area (Å²) in [6.45, 7) is 2.00. The minimum absolute atomic E-state index is 0.147. The van der Waals surface area contributed by atoms with Crippen LogP contribution in [0.2, 0.25) is 0 Å². The van der Waals surface area contributed by atoms with Gasteiger partial charge in [0, 0.05) is 19.5 Å². The molecular formula is C8H11NO. The molecule has 10 heavy (non-hydrogen) atoms. The molecule has 1 heterocycles. The Labute approximate surface area is 60.9 Å². The fourth-order valence-corrected chi connectivity index (χ4v) is 0.753. The zero-order valence-electron chi connectivity index (χ0n) is 6.24. The molecule has 0 aromatic carbocycles. The van der Waals surface area contributed by atoms with E-state index in [-0.39, 0.29) is 6.10 Å². The fraction of sp³-hybridized carbons (Fsp3) is 0.375. The molecule has 2 nitrogen and oxygen atoms in total. The zero-order valence-corrected chi connectivity index (χ0v) is 6.24. The molecule has 54 valence electrons. The van der Waals surface area contributed by atoms with Gasteiger partial charge < -0.3 is 4.74 Å². The maximum Gasteiger partial charge on any atom is 0.0807 e. The Morgan fingerprint density at radius 2 is 2.40 bits per heavy atom. The van der Waals surface area contributed by atoms with Crippen molar-refractivity contribution < 1.29 is 4.74 Å². The Morgan fingerprint density at radius 1 is 1.60 bits per heavy atom. The average Bonchev–Trinajstić information content (AvgIpc) is 2.05. The van der Waals surface area contributed by atoms with Crippen LogP contribution in [0.3, 0.4) is 0 Å². The van der Waals surface area contributed by atoms with Gasteiger partial charge in [-0.05, 0) is 18.6 Å². The van der Waals surface area contributed by atoms with Gasteiger partial charge in [0.1, 0.15) is 0 Å². The van der Waals surface area contributed by atoms with Crippen LogP contribution in [0.15, 0.2) is 24.5 Å². The maximum absolute atomic E-state index is 5.10. The first kappa shape index (κ1) is 7.22. The van der Waals surface area contributed by atoms with Gasteiger partial charge in [0.25, 0.3) is 0 Å². The summed E-state index contributed by atoms with van der Waals surface area (Å²) in [5.41, 5.74) is 1.12. The normalized spacial score (nSPS) is 13.0. The highest BCUT2D eigenvalue weighted by Gasteiger charge is 2.00. The quantitative estimate of drug-likeness (QED) is 0.620. The molecule has 0 saturated carbocycles. The standard InChI is InChI=1S/C8H11NO/c1-7(10-2)8-4-3-5-9-6-8/h3-7H,1-2H3/t7-/m0/s1. The Balaban J connectivity index is 2.75. The lowest BCUT2D eigenvalue weighted by Gasteiger charge is -2.07. The highest BCUT2D eigenvalue weighted by Crippen LogP contribution is 2.12. The lowest BCUT2D eigenvalue weighted by atomic mass is 10.2. The van der Waals surface area contributed by atoms with Gasteiger partial charge in [-0.15, -0.1) is 0 Å². The highest BCUT2D eigenvalue weighted by atomic mass is 16.5. The molecule has 0 spiro atoms. The highest BCUT2D eigenvalue weighted by molar-refractivity contribution is 5.10. The molecule has 0 aliphatic heterocycles. The molecular weight excluding hydrogens is 126 g/mol. The van der Waals surface area contributed by atoms with Crippen LogP contribution in [-0.2, 0) is 4.74 Å². The van der Waals surface area contributed by atoms with Crippen molar-refractivity contribution >= 4 is 0 Å². The average molecular weight is 137 g/mol. The minimum atomic E-state index is 0.147. The molecule has 0 aliphatic rings. The molecule has 0 aliphatic carbocycles. The van der Waals surface area contributed by atoms with E-state index in [0.717, 1.165) is 5.56 Å². The van der Waals surface area contributed by atoms with Crippen LogP contribution in [0.1, 0.15) is 18.6 Å². The number of hydrogen-bond acceptors (Lipinski definition) is 2. The second-order valence-electron chi connectivity index (χ2n) is 2.16. The summed E-state index contributed by atoms with van der Waals surface area (Å²) in [5.74, 6) is 0. The van der Waals surface area contributed by atoms with Crippen molar-refractivity contribution in [3.05, 3.63) is 30.1 Å². The molecule has 1 aromatic heterocycles. The molecule has 0 N–H and O–H groups in total. The van der Waals surface area contributed by atoms with E-state index in [1.54, 1.807) is 13.3 Å². The lowest BCUT2D eigenvalue weighted by Crippen LogP contribution is -1.95. The molecule has 1 aromatic rings. The van der Waals surface area contributed by atoms with Gasteiger partial charge in [-0.25, -0.2) is 0 Å². The van der Waals surface area contributed by atoms with Crippen molar-refractivity contribution in [1.82, 2.24) is 4.98 Å². The van der Waals surface area contributed by atoms with Crippen LogP contribution in [0.25, 0.3) is 0 Å². The Hall–Kier alpha value is -0.890. The molecule has 1 atom stereocenters. The van der Waals surface area contributed by atoms with Gasteiger partial charge in [0.2, 0.25) is 0 Å². The predicted molar refractivity (Wildman–Crippen MR) is 39.7 cm³/mol. The lowest BCUT2D eigenvalue weighted by molar-refractivity contribution is 0.119. The van der Waals surface area contributed by atoms with Gasteiger partial charge in [-0.1, -0.05) is 6.07 Å². The summed E-state index contributed by atoms with van der Waals surface area (Å²) in [5, 5.41) is 0. The summed E-state index contributed by atoms with van der Waals surface area (Å²) < 4.78 is 5.10. The second kappa shape index (κ2) is 3.32. The number of ether oxygens (including phenoxy) is 1. The second-order valence-corrected chi connectivity index (χ2v) is 2.16. The molecule has 0 unspecified atom stereocenters. The SMILES string of the molecule is CO[C@@H](C)c1cccnc1. The molecule has 0 fully saturated rings. The third-order valence-electron chi connectivity index (χ3n) is 1.51. The van der Waals surface area contributed by atoms with E-state index in [2.05, 4.69) is 4.98 Å². The van der Waals surface area contributed by atoms with Crippen LogP contribution in [0.4, 0.5) is 0 Å². The van der Waals surface area contributed by atoms with E-state index in [0.29, 0.717) is 0 Å². The molecule has 0 bridgehead atoms. The monoisotopic (exact) mass is 137 g/mol. The van der Waals surface area contributed by atoms with E-state index < -0.39 is 0 Å². The number of methoxy groups -OCH3 is 1. The minimum Gasteiger partial charge on any atom is -0.377 e. The number of rotatable bonds is 2. The first-order valence-electron chi connectivity index (χ1n) is 3.27. The van der Waals surface area contributed by atoms with E-state index in [1.807, 2.05) is 25.3 Å². The predicted octanol–water partition coefficient (Wildman–Crippen LogP) is 1.79. The van der Waals surface area contributed by atoms with Crippen LogP contribution >= 0.6 is 0 Å². The van der Waals surface area contributed by atoms with Crippen LogP contribution in [-0.4, -0.2) is 12.1 Å². The van der Waals surface area contributed by atoms with Crippen molar-refractivity contribution in [3.8, 4) is 0 Å². The van der Waals surface area contributed by atoms with Crippen molar-refractivity contribution in [2.45, 2.75) is 13.0 Å². The fourth-order valence-electron chi connectivity index (χ4n) is 0.753. The molecule has 0 saturated heterocycles. The van der Waals surface area contributed by atoms with E-state index in [9.17, 15) is 0 Å². The van der Waals surface area contributed by atoms with E-state index >= 15 is 0 Å². The Bertz CT molecular complexity index is 186. The summed E-state index contributed by atoms with van der Waals surface area (Å²) in [6.07, 6.45) is 3.72. The molecule has 0 amide bonds. The topological polar surface area (TPSA) is 22.1 Å². The van der Waals surface area contributed by atoms with Gasteiger partial charge >= 0.3 is 0 Å². The molecule has 1 rings (SSSR count). The summed E-state index contributed by atoms with van der Waals surface area (Å²) in [7, 11) is 1.69. The Morgan fingerprint density at radius 3 is 2.90 bits per heavy atom. The number of pyridine rings is 1. The van der Waals surface area contributed by atoms with Crippen LogP contribution < -0.4 is 0 Å². The van der Waals surface area contributed by atoms with Crippen LogP contribution in [0.5, 0.6) is 0 Å². The zero-order chi connectivity index (χ0) is 7.40. The maximum atomic E-state index is 5.10. The third-order valence-corrected chi connectivity index (χ3v) is 1.51. The van der Waals surface area contributed by atoms with Gasteiger partial charge in [-0.3, -0.25) is 4.98 Å². The van der Waals surface area contributed by atoms with E-state index in [1.165, 1.54) is 0 Å². The summed E-state index contributed by atoms with van der Waals surface area (Å²) >= 11 is 0. The first-order valence-corrected chi connectivity index (χ1v) is 3.27. The van der Waals surface area contributed by atoms with Gasteiger partial charge in [0.15, 0.2) is 0 Å². The Kier molecular flexibility index (Phi) is 2.40. The van der Waals surface area contributed by atoms with Crippen molar-refractivity contribution in [1.29, 1.82) is 0 Å². The number of hydrogen-bond donors (Lipinski definition) is 0. The van der Waals surface area contributed by atoms with Crippen molar-refractivity contribution in [2.24, 2.45) is 0 Å². The van der Waals surface area contributed by atoms with Gasteiger partial charge in [0.05, 0.1) is 6.10 Å².